The first-order valence-corrected chi connectivity index (χ1v) is 9.13. The SMILES string of the molecule is C1=[N+]2[C@@H](Cc3ccccc3)CO[B-]2(c2ccccc2)Oc2ccccc21. The molecule has 128 valence electrons. The lowest BCUT2D eigenvalue weighted by Gasteiger charge is -2.36. The Morgan fingerprint density at radius 1 is 0.846 bits per heavy atom. The van der Waals surface area contributed by atoms with Crippen molar-refractivity contribution in [2.75, 3.05) is 6.61 Å². The van der Waals surface area contributed by atoms with Gasteiger partial charge in [-0.1, -0.05) is 78.3 Å². The fourth-order valence-electron chi connectivity index (χ4n) is 4.10. The van der Waals surface area contributed by atoms with Gasteiger partial charge in [-0.05, 0) is 17.7 Å². The molecule has 3 aromatic rings. The van der Waals surface area contributed by atoms with Crippen molar-refractivity contribution < 1.29 is 13.8 Å². The summed E-state index contributed by atoms with van der Waals surface area (Å²) in [6.07, 6.45) is 3.14. The number of hydrogen-bond acceptors (Lipinski definition) is 2. The van der Waals surface area contributed by atoms with Gasteiger partial charge in [0.2, 0.25) is 0 Å². The molecule has 0 spiro atoms. The van der Waals surface area contributed by atoms with Crippen molar-refractivity contribution >= 4 is 18.4 Å². The molecule has 2 aliphatic rings. The standard InChI is InChI=1S/C22H20BNO2/c1-3-9-18(10-4-1)15-21-17-25-23(20-12-5-2-6-13-20)24(21)16-19-11-7-8-14-22(19)26-23/h1-14,16,21H,15,17H2/t21-,23?/m0/s1. The Bertz CT molecular complexity index is 958. The summed E-state index contributed by atoms with van der Waals surface area (Å²) >= 11 is 0. The third-order valence-electron chi connectivity index (χ3n) is 5.36. The maximum atomic E-state index is 6.53. The summed E-state index contributed by atoms with van der Waals surface area (Å²) in [5, 5.41) is 0. The lowest BCUT2D eigenvalue weighted by atomic mass is 9.62. The third-order valence-corrected chi connectivity index (χ3v) is 5.36. The van der Waals surface area contributed by atoms with Crippen molar-refractivity contribution in [2.45, 2.75) is 12.5 Å². The summed E-state index contributed by atoms with van der Waals surface area (Å²) in [6.45, 7) is -1.07. The zero-order valence-electron chi connectivity index (χ0n) is 14.5. The van der Waals surface area contributed by atoms with E-state index in [0.717, 1.165) is 23.2 Å². The molecule has 3 aromatic carbocycles. The highest BCUT2D eigenvalue weighted by molar-refractivity contribution is 6.75. The van der Waals surface area contributed by atoms with Gasteiger partial charge < -0.3 is 13.8 Å². The van der Waals surface area contributed by atoms with E-state index in [1.807, 2.05) is 36.4 Å². The van der Waals surface area contributed by atoms with Crippen LogP contribution >= 0.6 is 0 Å². The minimum Gasteiger partial charge on any atom is -0.630 e. The second kappa shape index (κ2) is 6.15. The first kappa shape index (κ1) is 15.4. The quantitative estimate of drug-likeness (QED) is 0.683. The van der Waals surface area contributed by atoms with Gasteiger partial charge in [-0.2, -0.15) is 0 Å². The van der Waals surface area contributed by atoms with Crippen LogP contribution in [0.4, 0.5) is 0 Å². The molecule has 1 fully saturated rings. The Morgan fingerprint density at radius 3 is 2.35 bits per heavy atom. The molecule has 5 rings (SSSR count). The molecule has 1 saturated heterocycles. The van der Waals surface area contributed by atoms with Crippen molar-refractivity contribution in [1.82, 2.24) is 0 Å². The molecule has 26 heavy (non-hydrogen) atoms. The molecular weight excluding hydrogens is 321 g/mol. The maximum Gasteiger partial charge on any atom is 0.625 e. The van der Waals surface area contributed by atoms with Crippen LogP contribution in [-0.4, -0.2) is 30.0 Å². The van der Waals surface area contributed by atoms with E-state index in [2.05, 4.69) is 59.2 Å². The Hall–Kier alpha value is -2.85. The highest BCUT2D eigenvalue weighted by Crippen LogP contribution is 2.31. The van der Waals surface area contributed by atoms with E-state index in [-0.39, 0.29) is 6.04 Å². The zero-order valence-corrected chi connectivity index (χ0v) is 14.5. The number of nitrogens with zero attached hydrogens (tertiary/aromatic N) is 1. The summed E-state index contributed by atoms with van der Waals surface area (Å²) in [7, 11) is 0. The topological polar surface area (TPSA) is 21.5 Å². The Morgan fingerprint density at radius 2 is 1.54 bits per heavy atom. The molecule has 0 N–H and O–H groups in total. The third kappa shape index (κ3) is 2.46. The highest BCUT2D eigenvalue weighted by Gasteiger charge is 2.56. The van der Waals surface area contributed by atoms with Crippen LogP contribution < -0.4 is 10.1 Å². The summed E-state index contributed by atoms with van der Waals surface area (Å²) in [5.74, 6) is 0.882. The lowest BCUT2D eigenvalue weighted by molar-refractivity contribution is -0.437. The average Bonchev–Trinajstić information content (AvgIpc) is 3.06. The van der Waals surface area contributed by atoms with E-state index in [1.54, 1.807) is 0 Å². The molecule has 2 aliphatic heterocycles. The predicted molar refractivity (Wildman–Crippen MR) is 104 cm³/mol. The Kier molecular flexibility index (Phi) is 3.65. The number of hydrogen-bond donors (Lipinski definition) is 0. The van der Waals surface area contributed by atoms with Crippen LogP contribution in [0.3, 0.4) is 0 Å². The molecule has 2 atom stereocenters. The molecule has 0 amide bonds. The summed E-state index contributed by atoms with van der Waals surface area (Å²) in [6, 6.07) is 29.3. The number of para-hydroxylation sites is 1. The molecule has 3 nitrogen and oxygen atoms in total. The molecule has 1 unspecified atom stereocenters. The zero-order chi connectivity index (χ0) is 17.4. The summed E-state index contributed by atoms with van der Waals surface area (Å²) < 4.78 is 15.2. The van der Waals surface area contributed by atoms with Crippen molar-refractivity contribution in [3.8, 4) is 5.75 Å². The van der Waals surface area contributed by atoms with Crippen molar-refractivity contribution in [3.05, 3.63) is 96.1 Å². The minimum atomic E-state index is -1.71. The predicted octanol–water partition coefficient (Wildman–Crippen LogP) is 3.00. The van der Waals surface area contributed by atoms with E-state index >= 15 is 0 Å². The molecular formula is C22H20BNO2. The summed E-state index contributed by atoms with van der Waals surface area (Å²) in [4.78, 5) is 0. The Balaban J connectivity index is 1.61. The van der Waals surface area contributed by atoms with E-state index in [0.29, 0.717) is 6.61 Å². The van der Waals surface area contributed by atoms with Crippen molar-refractivity contribution in [3.63, 3.8) is 0 Å². The van der Waals surface area contributed by atoms with Crippen LogP contribution in [0, 0.1) is 0 Å². The second-order valence-electron chi connectivity index (χ2n) is 6.99. The van der Waals surface area contributed by atoms with Crippen LogP contribution in [0.15, 0.2) is 84.9 Å². The second-order valence-corrected chi connectivity index (χ2v) is 6.99. The number of benzene rings is 3. The fourth-order valence-corrected chi connectivity index (χ4v) is 4.10. The Labute approximate surface area is 153 Å². The average molecular weight is 341 g/mol. The van der Waals surface area contributed by atoms with Gasteiger partial charge in [0, 0.05) is 6.42 Å². The number of rotatable bonds is 3. The molecule has 0 bridgehead atoms. The summed E-state index contributed by atoms with van der Waals surface area (Å²) in [5.41, 5.74) is 3.49. The van der Waals surface area contributed by atoms with Gasteiger partial charge in [-0.25, -0.2) is 0 Å². The smallest absolute Gasteiger partial charge is 0.625 e. The van der Waals surface area contributed by atoms with Crippen LogP contribution in [0.5, 0.6) is 5.75 Å². The van der Waals surface area contributed by atoms with Crippen LogP contribution in [0.2, 0.25) is 0 Å². The normalized spacial score (nSPS) is 23.5. The largest absolute Gasteiger partial charge is 0.630 e. The van der Waals surface area contributed by atoms with E-state index in [1.165, 1.54) is 5.56 Å². The minimum absolute atomic E-state index is 0.242. The van der Waals surface area contributed by atoms with Crippen LogP contribution in [0.25, 0.3) is 0 Å². The van der Waals surface area contributed by atoms with Gasteiger partial charge >= 0.3 is 6.69 Å². The van der Waals surface area contributed by atoms with Gasteiger partial charge in [-0.3, -0.25) is 0 Å². The van der Waals surface area contributed by atoms with E-state index < -0.39 is 6.69 Å². The number of fused-ring (bicyclic) bond motifs is 2. The molecule has 0 radical (unpaired) electrons. The highest BCUT2D eigenvalue weighted by atomic mass is 16.6. The van der Waals surface area contributed by atoms with Crippen LogP contribution in [0.1, 0.15) is 11.1 Å². The van der Waals surface area contributed by atoms with Gasteiger partial charge in [0.15, 0.2) is 0 Å². The molecule has 0 aliphatic carbocycles. The molecule has 0 aromatic heterocycles. The van der Waals surface area contributed by atoms with Gasteiger partial charge in [0.25, 0.3) is 0 Å². The van der Waals surface area contributed by atoms with Gasteiger partial charge in [0.05, 0.1) is 17.9 Å². The molecule has 4 heteroatoms. The van der Waals surface area contributed by atoms with E-state index in [4.69, 9.17) is 9.31 Å². The van der Waals surface area contributed by atoms with Gasteiger partial charge in [0.1, 0.15) is 12.3 Å². The van der Waals surface area contributed by atoms with Crippen LogP contribution in [-0.2, 0) is 11.1 Å². The lowest BCUT2D eigenvalue weighted by Crippen LogP contribution is -2.64. The van der Waals surface area contributed by atoms with Crippen molar-refractivity contribution in [2.24, 2.45) is 0 Å². The molecule has 0 saturated carbocycles. The first-order chi connectivity index (χ1) is 12.9. The maximum absolute atomic E-state index is 6.53. The fraction of sp³-hybridized carbons (Fsp3) is 0.136. The molecule has 2 heterocycles. The first-order valence-electron chi connectivity index (χ1n) is 9.13. The monoisotopic (exact) mass is 341 g/mol. The van der Waals surface area contributed by atoms with E-state index in [9.17, 15) is 0 Å². The van der Waals surface area contributed by atoms with Gasteiger partial charge in [-0.15, -0.1) is 0 Å². The van der Waals surface area contributed by atoms with Crippen molar-refractivity contribution in [1.29, 1.82) is 0 Å².